The molecule has 4 nitrogen and oxygen atoms in total. The minimum Gasteiger partial charge on any atom is -0.481 e. The van der Waals surface area contributed by atoms with Crippen LogP contribution in [0.5, 0.6) is 0 Å². The Hall–Kier alpha value is -1.84. The Kier molecular flexibility index (Phi) is 7.09. The molecule has 0 radical (unpaired) electrons. The van der Waals surface area contributed by atoms with Crippen LogP contribution < -0.4 is 5.32 Å². The Morgan fingerprint density at radius 3 is 2.36 bits per heavy atom. The smallest absolute Gasteiger partial charge is 0.303 e. The van der Waals surface area contributed by atoms with Gasteiger partial charge in [0.15, 0.2) is 0 Å². The van der Waals surface area contributed by atoms with Crippen LogP contribution in [0.2, 0.25) is 0 Å². The Balaban J connectivity index is 2.36. The van der Waals surface area contributed by atoms with Crippen molar-refractivity contribution >= 4 is 11.9 Å². The van der Waals surface area contributed by atoms with Crippen LogP contribution in [0.4, 0.5) is 0 Å². The van der Waals surface area contributed by atoms with Crippen molar-refractivity contribution in [3.05, 3.63) is 35.4 Å². The van der Waals surface area contributed by atoms with Crippen molar-refractivity contribution in [2.75, 3.05) is 6.54 Å². The summed E-state index contributed by atoms with van der Waals surface area (Å²) in [4.78, 5) is 22.8. The molecule has 1 rings (SSSR count). The fourth-order valence-electron chi connectivity index (χ4n) is 2.57. The van der Waals surface area contributed by atoms with Crippen LogP contribution in [0.15, 0.2) is 24.3 Å². The number of unbranched alkanes of at least 4 members (excludes halogenated alkanes) is 3. The van der Waals surface area contributed by atoms with E-state index in [0.29, 0.717) is 13.0 Å². The highest BCUT2D eigenvalue weighted by atomic mass is 16.4. The number of benzene rings is 1. The van der Waals surface area contributed by atoms with Gasteiger partial charge >= 0.3 is 5.97 Å². The van der Waals surface area contributed by atoms with E-state index in [-0.39, 0.29) is 12.3 Å². The van der Waals surface area contributed by atoms with E-state index in [9.17, 15) is 9.59 Å². The predicted octanol–water partition coefficient (Wildman–Crippen LogP) is 3.42. The topological polar surface area (TPSA) is 66.4 Å². The van der Waals surface area contributed by atoms with Gasteiger partial charge in [-0.05, 0) is 44.7 Å². The number of aliphatic carboxylic acids is 1. The van der Waals surface area contributed by atoms with Crippen molar-refractivity contribution in [2.45, 2.75) is 58.3 Å². The van der Waals surface area contributed by atoms with Gasteiger partial charge in [-0.25, -0.2) is 0 Å². The Labute approximate surface area is 132 Å². The van der Waals surface area contributed by atoms with Gasteiger partial charge in [0.25, 0.3) is 0 Å². The molecule has 0 aliphatic heterocycles. The highest BCUT2D eigenvalue weighted by Gasteiger charge is 2.30. The summed E-state index contributed by atoms with van der Waals surface area (Å²) in [7, 11) is 0. The summed E-state index contributed by atoms with van der Waals surface area (Å²) in [6.45, 7) is 6.54. The number of carboxylic acids is 1. The van der Waals surface area contributed by atoms with E-state index in [1.807, 2.05) is 45.0 Å². The third-order valence-corrected chi connectivity index (χ3v) is 3.99. The van der Waals surface area contributed by atoms with Crippen LogP contribution in [-0.4, -0.2) is 23.5 Å². The van der Waals surface area contributed by atoms with Crippen LogP contribution >= 0.6 is 0 Å². The number of carbonyl (C=O) groups is 2. The number of carbonyl (C=O) groups excluding carboxylic acids is 1. The molecular formula is C18H27NO3. The van der Waals surface area contributed by atoms with Gasteiger partial charge in [-0.2, -0.15) is 0 Å². The summed E-state index contributed by atoms with van der Waals surface area (Å²) in [6, 6.07) is 7.96. The van der Waals surface area contributed by atoms with Gasteiger partial charge < -0.3 is 10.4 Å². The quantitative estimate of drug-likeness (QED) is 0.687. The van der Waals surface area contributed by atoms with Crippen molar-refractivity contribution in [2.24, 2.45) is 0 Å². The molecule has 0 atom stereocenters. The summed E-state index contributed by atoms with van der Waals surface area (Å²) in [5, 5.41) is 11.5. The van der Waals surface area contributed by atoms with Crippen LogP contribution in [0.3, 0.4) is 0 Å². The molecular weight excluding hydrogens is 278 g/mol. The van der Waals surface area contributed by atoms with Crippen LogP contribution in [0.1, 0.15) is 57.1 Å². The molecule has 0 bridgehead atoms. The van der Waals surface area contributed by atoms with E-state index >= 15 is 0 Å². The predicted molar refractivity (Wildman–Crippen MR) is 87.9 cm³/mol. The van der Waals surface area contributed by atoms with Crippen LogP contribution in [-0.2, 0) is 15.0 Å². The van der Waals surface area contributed by atoms with Crippen molar-refractivity contribution < 1.29 is 14.7 Å². The van der Waals surface area contributed by atoms with Gasteiger partial charge in [0.05, 0.1) is 5.41 Å². The van der Waals surface area contributed by atoms with Gasteiger partial charge in [0.2, 0.25) is 5.91 Å². The maximum Gasteiger partial charge on any atom is 0.303 e. The third-order valence-electron chi connectivity index (χ3n) is 3.99. The summed E-state index contributed by atoms with van der Waals surface area (Å²) in [5.74, 6) is -0.708. The van der Waals surface area contributed by atoms with E-state index in [1.165, 1.54) is 0 Å². The van der Waals surface area contributed by atoms with Crippen molar-refractivity contribution in [3.8, 4) is 0 Å². The lowest BCUT2D eigenvalue weighted by atomic mass is 9.81. The van der Waals surface area contributed by atoms with E-state index in [1.54, 1.807) is 0 Å². The molecule has 0 aliphatic rings. The zero-order valence-corrected chi connectivity index (χ0v) is 13.8. The van der Waals surface area contributed by atoms with Gasteiger partial charge in [0, 0.05) is 13.0 Å². The molecule has 0 unspecified atom stereocenters. The molecule has 1 amide bonds. The Bertz CT molecular complexity index is 509. The van der Waals surface area contributed by atoms with Crippen molar-refractivity contribution in [1.82, 2.24) is 5.32 Å². The SMILES string of the molecule is Cc1ccccc1C(C)(C)C(=O)NCCCCCCC(=O)O. The van der Waals surface area contributed by atoms with Crippen LogP contribution in [0.25, 0.3) is 0 Å². The lowest BCUT2D eigenvalue weighted by Gasteiger charge is -2.26. The normalized spacial score (nSPS) is 11.2. The standard InChI is InChI=1S/C18H27NO3/c1-14-10-7-8-11-15(14)18(2,3)17(22)19-13-9-5-4-6-12-16(20)21/h7-8,10-11H,4-6,9,12-13H2,1-3H3,(H,19,22)(H,20,21). The molecule has 0 saturated carbocycles. The number of rotatable bonds is 9. The molecule has 0 spiro atoms. The first kappa shape index (κ1) is 18.2. The molecule has 0 fully saturated rings. The molecule has 22 heavy (non-hydrogen) atoms. The first-order chi connectivity index (χ1) is 10.4. The summed E-state index contributed by atoms with van der Waals surface area (Å²) in [5.41, 5.74) is 1.62. The lowest BCUT2D eigenvalue weighted by molar-refractivity contribution is -0.137. The van der Waals surface area contributed by atoms with Gasteiger partial charge in [-0.1, -0.05) is 37.1 Å². The number of nitrogens with one attached hydrogen (secondary N) is 1. The van der Waals surface area contributed by atoms with Crippen LogP contribution in [0, 0.1) is 6.92 Å². The maximum absolute atomic E-state index is 12.4. The Morgan fingerprint density at radius 1 is 1.09 bits per heavy atom. The van der Waals surface area contributed by atoms with E-state index in [2.05, 4.69) is 5.32 Å². The highest BCUT2D eigenvalue weighted by molar-refractivity contribution is 5.87. The molecule has 0 saturated heterocycles. The average Bonchev–Trinajstić information content (AvgIpc) is 2.45. The first-order valence-electron chi connectivity index (χ1n) is 7.92. The fourth-order valence-corrected chi connectivity index (χ4v) is 2.57. The summed E-state index contributed by atoms with van der Waals surface area (Å²) in [6.07, 6.45) is 3.65. The number of hydrogen-bond acceptors (Lipinski definition) is 2. The summed E-state index contributed by atoms with van der Waals surface area (Å²) >= 11 is 0. The first-order valence-corrected chi connectivity index (χ1v) is 7.92. The maximum atomic E-state index is 12.4. The molecule has 0 heterocycles. The third kappa shape index (κ3) is 5.51. The van der Waals surface area contributed by atoms with Gasteiger partial charge in [0.1, 0.15) is 0 Å². The average molecular weight is 305 g/mol. The highest BCUT2D eigenvalue weighted by Crippen LogP contribution is 2.26. The molecule has 4 heteroatoms. The number of hydrogen-bond donors (Lipinski definition) is 2. The number of carboxylic acid groups (broad SMARTS) is 1. The second-order valence-corrected chi connectivity index (χ2v) is 6.25. The number of aryl methyl sites for hydroxylation is 1. The van der Waals surface area contributed by atoms with Gasteiger partial charge in [-0.15, -0.1) is 0 Å². The molecule has 1 aromatic carbocycles. The van der Waals surface area contributed by atoms with Crippen molar-refractivity contribution in [3.63, 3.8) is 0 Å². The minimum absolute atomic E-state index is 0.0346. The second kappa shape index (κ2) is 8.57. The molecule has 0 aromatic heterocycles. The molecule has 0 aliphatic carbocycles. The van der Waals surface area contributed by atoms with E-state index in [0.717, 1.165) is 30.4 Å². The van der Waals surface area contributed by atoms with Gasteiger partial charge in [-0.3, -0.25) is 9.59 Å². The van der Waals surface area contributed by atoms with Crippen molar-refractivity contribution in [1.29, 1.82) is 0 Å². The minimum atomic E-state index is -0.742. The monoisotopic (exact) mass is 305 g/mol. The summed E-state index contributed by atoms with van der Waals surface area (Å²) < 4.78 is 0. The van der Waals surface area contributed by atoms with E-state index < -0.39 is 11.4 Å². The zero-order chi connectivity index (χ0) is 16.6. The molecule has 122 valence electrons. The zero-order valence-electron chi connectivity index (χ0n) is 13.8. The molecule has 2 N–H and O–H groups in total. The molecule has 1 aromatic rings. The Morgan fingerprint density at radius 2 is 1.73 bits per heavy atom. The fraction of sp³-hybridized carbons (Fsp3) is 0.556. The second-order valence-electron chi connectivity index (χ2n) is 6.25. The lowest BCUT2D eigenvalue weighted by Crippen LogP contribution is -2.40. The largest absolute Gasteiger partial charge is 0.481 e. The number of amides is 1. The van der Waals surface area contributed by atoms with E-state index in [4.69, 9.17) is 5.11 Å².